The van der Waals surface area contributed by atoms with Gasteiger partial charge in [0, 0.05) is 5.56 Å². The molecule has 1 aliphatic heterocycles. The van der Waals surface area contributed by atoms with Crippen molar-refractivity contribution in [3.05, 3.63) is 81.9 Å². The average molecular weight is 278 g/mol. The third-order valence-corrected chi connectivity index (χ3v) is 3.40. The van der Waals surface area contributed by atoms with E-state index in [-0.39, 0.29) is 16.9 Å². The van der Waals surface area contributed by atoms with E-state index in [1.807, 2.05) is 18.2 Å². The topological polar surface area (TPSA) is 45.8 Å². The Hall–Kier alpha value is -2.93. The molecule has 2 aliphatic rings. The third kappa shape index (κ3) is 2.30. The van der Waals surface area contributed by atoms with E-state index in [1.165, 1.54) is 12.1 Å². The number of nitrogens with zero attached hydrogens (tertiary/aromatic N) is 2. The molecule has 3 rings (SSSR count). The number of nitriles is 1. The first kappa shape index (κ1) is 13.1. The van der Waals surface area contributed by atoms with Crippen LogP contribution in [0.3, 0.4) is 0 Å². The molecule has 0 spiro atoms. The minimum atomic E-state index is -0.317. The van der Waals surface area contributed by atoms with Gasteiger partial charge < -0.3 is 4.57 Å². The van der Waals surface area contributed by atoms with Gasteiger partial charge in [0.15, 0.2) is 0 Å². The molecule has 0 saturated heterocycles. The predicted molar refractivity (Wildman–Crippen MR) is 77.5 cm³/mol. The Balaban J connectivity index is 2.16. The van der Waals surface area contributed by atoms with Gasteiger partial charge in [-0.2, -0.15) is 5.26 Å². The summed E-state index contributed by atoms with van der Waals surface area (Å²) < 4.78 is 14.5. The van der Waals surface area contributed by atoms with Crippen LogP contribution in [-0.4, -0.2) is 4.57 Å². The van der Waals surface area contributed by atoms with Crippen LogP contribution in [0.25, 0.3) is 11.3 Å². The fraction of sp³-hybridized carbons (Fsp3) is 0.0588. The monoisotopic (exact) mass is 278 g/mol. The summed E-state index contributed by atoms with van der Waals surface area (Å²) in [5.41, 5.74) is 1.97. The first-order valence-electron chi connectivity index (χ1n) is 6.47. The van der Waals surface area contributed by atoms with Crippen LogP contribution in [0.5, 0.6) is 0 Å². The van der Waals surface area contributed by atoms with Crippen LogP contribution in [0.4, 0.5) is 4.39 Å². The van der Waals surface area contributed by atoms with Crippen molar-refractivity contribution in [1.82, 2.24) is 4.57 Å². The molecule has 0 saturated carbocycles. The highest BCUT2D eigenvalue weighted by molar-refractivity contribution is 5.69. The van der Waals surface area contributed by atoms with Crippen molar-refractivity contribution >= 4 is 0 Å². The van der Waals surface area contributed by atoms with Gasteiger partial charge in [0.1, 0.15) is 17.4 Å². The summed E-state index contributed by atoms with van der Waals surface area (Å²) in [6.45, 7) is 0.307. The van der Waals surface area contributed by atoms with Crippen molar-refractivity contribution < 1.29 is 4.39 Å². The third-order valence-electron chi connectivity index (χ3n) is 3.40. The van der Waals surface area contributed by atoms with Crippen molar-refractivity contribution in [2.45, 2.75) is 6.54 Å². The highest BCUT2D eigenvalue weighted by Crippen LogP contribution is 2.23. The van der Waals surface area contributed by atoms with Gasteiger partial charge >= 0.3 is 0 Å². The summed E-state index contributed by atoms with van der Waals surface area (Å²) in [6.07, 6.45) is 0. The zero-order valence-corrected chi connectivity index (χ0v) is 11.1. The second-order valence-corrected chi connectivity index (χ2v) is 4.71. The van der Waals surface area contributed by atoms with Gasteiger partial charge in [0.2, 0.25) is 0 Å². The highest BCUT2D eigenvalue weighted by atomic mass is 19.1. The number of hydrogen-bond acceptors (Lipinski definition) is 2. The molecule has 21 heavy (non-hydrogen) atoms. The smallest absolute Gasteiger partial charge is 0.269 e. The second-order valence-electron chi connectivity index (χ2n) is 4.71. The first-order valence-corrected chi connectivity index (χ1v) is 6.47. The maximum atomic E-state index is 13.0. The summed E-state index contributed by atoms with van der Waals surface area (Å²) in [6, 6.07) is 17.0. The summed E-state index contributed by atoms with van der Waals surface area (Å²) >= 11 is 0. The average Bonchev–Trinajstić information content (AvgIpc) is 2.66. The van der Waals surface area contributed by atoms with Gasteiger partial charge in [0.25, 0.3) is 5.56 Å². The van der Waals surface area contributed by atoms with Crippen LogP contribution < -0.4 is 5.56 Å². The fourth-order valence-corrected chi connectivity index (χ4v) is 2.38. The molecule has 0 aromatic heterocycles. The standard InChI is InChI=1S/C17H11FN2O/c18-13-8-6-12(7-9-13)11-20-16-5-3-1-2-4-14(16)15(10-19)17(20)21/h1-9H,11H2. The van der Waals surface area contributed by atoms with Gasteiger partial charge in [-0.05, 0) is 23.8 Å². The number of fused-ring (bicyclic) bond motifs is 1. The number of benzene rings is 1. The van der Waals surface area contributed by atoms with Crippen LogP contribution in [0.1, 0.15) is 11.1 Å². The Morgan fingerprint density at radius 3 is 2.48 bits per heavy atom. The van der Waals surface area contributed by atoms with Gasteiger partial charge in [-0.3, -0.25) is 4.79 Å². The Morgan fingerprint density at radius 2 is 1.76 bits per heavy atom. The minimum Gasteiger partial charge on any atom is -0.303 e. The zero-order valence-electron chi connectivity index (χ0n) is 11.1. The minimum absolute atomic E-state index is 0.142. The van der Waals surface area contributed by atoms with E-state index >= 15 is 0 Å². The summed E-state index contributed by atoms with van der Waals surface area (Å²) in [4.78, 5) is 12.4. The Kier molecular flexibility index (Phi) is 3.25. The number of aromatic nitrogens is 1. The summed E-state index contributed by atoms with van der Waals surface area (Å²) in [5, 5.41) is 9.20. The summed E-state index contributed by atoms with van der Waals surface area (Å²) in [5.74, 6) is -0.317. The van der Waals surface area contributed by atoms with E-state index in [0.29, 0.717) is 17.8 Å². The van der Waals surface area contributed by atoms with Gasteiger partial charge in [-0.25, -0.2) is 4.39 Å². The number of halogens is 1. The molecular formula is C17H11FN2O. The van der Waals surface area contributed by atoms with Crippen LogP contribution in [-0.2, 0) is 6.54 Å². The molecule has 1 heterocycles. The molecule has 0 radical (unpaired) electrons. The summed E-state index contributed by atoms with van der Waals surface area (Å²) in [7, 11) is 0. The van der Waals surface area contributed by atoms with Gasteiger partial charge in [-0.1, -0.05) is 36.4 Å². The molecule has 0 atom stereocenters. The molecule has 0 bridgehead atoms. The lowest BCUT2D eigenvalue weighted by atomic mass is 10.1. The molecular weight excluding hydrogens is 267 g/mol. The molecule has 0 amide bonds. The molecule has 4 heteroatoms. The van der Waals surface area contributed by atoms with Crippen LogP contribution in [0, 0.1) is 17.1 Å². The van der Waals surface area contributed by atoms with E-state index < -0.39 is 0 Å². The molecule has 3 nitrogen and oxygen atoms in total. The zero-order chi connectivity index (χ0) is 14.8. The first-order chi connectivity index (χ1) is 10.2. The van der Waals surface area contributed by atoms with E-state index in [1.54, 1.807) is 34.9 Å². The largest absolute Gasteiger partial charge is 0.303 e. The maximum absolute atomic E-state index is 13.0. The second kappa shape index (κ2) is 5.22. The van der Waals surface area contributed by atoms with Crippen molar-refractivity contribution in [3.63, 3.8) is 0 Å². The Labute approximate surface area is 120 Å². The lowest BCUT2D eigenvalue weighted by molar-refractivity contribution is 0.626. The SMILES string of the molecule is N#Cc1c2cccccc-2n(Cc2ccc(F)cc2)c1=O. The van der Waals surface area contributed by atoms with Gasteiger partial charge in [-0.15, -0.1) is 0 Å². The lowest BCUT2D eigenvalue weighted by Crippen LogP contribution is -2.17. The van der Waals surface area contributed by atoms with Crippen LogP contribution in [0.2, 0.25) is 0 Å². The Morgan fingerprint density at radius 1 is 1.05 bits per heavy atom. The predicted octanol–water partition coefficient (Wildman–Crippen LogP) is 3.01. The lowest BCUT2D eigenvalue weighted by Gasteiger charge is -2.05. The van der Waals surface area contributed by atoms with Crippen LogP contribution >= 0.6 is 0 Å². The molecule has 0 unspecified atom stereocenters. The molecule has 102 valence electrons. The quantitative estimate of drug-likeness (QED) is 0.723. The van der Waals surface area contributed by atoms with E-state index in [2.05, 4.69) is 0 Å². The van der Waals surface area contributed by atoms with Crippen molar-refractivity contribution in [1.29, 1.82) is 5.26 Å². The molecule has 1 aromatic carbocycles. The molecule has 1 aromatic rings. The number of hydrogen-bond donors (Lipinski definition) is 0. The van der Waals surface area contributed by atoms with E-state index in [0.717, 1.165) is 5.56 Å². The van der Waals surface area contributed by atoms with Crippen LogP contribution in [0.15, 0.2) is 59.4 Å². The molecule has 0 N–H and O–H groups in total. The Bertz CT molecular complexity index is 859. The van der Waals surface area contributed by atoms with Crippen molar-refractivity contribution in [3.8, 4) is 17.3 Å². The van der Waals surface area contributed by atoms with E-state index in [4.69, 9.17) is 0 Å². The van der Waals surface area contributed by atoms with Crippen molar-refractivity contribution in [2.24, 2.45) is 0 Å². The molecule has 0 fully saturated rings. The van der Waals surface area contributed by atoms with Crippen molar-refractivity contribution in [2.75, 3.05) is 0 Å². The number of rotatable bonds is 2. The highest BCUT2D eigenvalue weighted by Gasteiger charge is 2.19. The normalized spacial score (nSPS) is 10.5. The molecule has 1 aliphatic carbocycles. The van der Waals surface area contributed by atoms with Gasteiger partial charge in [0.05, 0.1) is 12.2 Å². The maximum Gasteiger partial charge on any atom is 0.269 e. The van der Waals surface area contributed by atoms with E-state index in [9.17, 15) is 14.4 Å². The fourth-order valence-electron chi connectivity index (χ4n) is 2.38.